The fraction of sp³-hybridized carbons (Fsp3) is 0.769. The number of sulfonamides is 1. The second kappa shape index (κ2) is 5.84. The molecule has 1 aliphatic carbocycles. The van der Waals surface area contributed by atoms with Crippen LogP contribution in [0.3, 0.4) is 0 Å². The molecule has 2 fully saturated rings. The summed E-state index contributed by atoms with van der Waals surface area (Å²) < 4.78 is 64.5. The molecule has 9 heteroatoms. The molecule has 2 atom stereocenters. The fourth-order valence-corrected chi connectivity index (χ4v) is 4.20. The van der Waals surface area contributed by atoms with E-state index < -0.39 is 46.4 Å². The van der Waals surface area contributed by atoms with E-state index in [1.807, 2.05) is 0 Å². The van der Waals surface area contributed by atoms with Gasteiger partial charge in [0.1, 0.15) is 5.25 Å². The zero-order valence-electron chi connectivity index (χ0n) is 12.4. The average molecular weight is 340 g/mol. The van der Waals surface area contributed by atoms with Crippen molar-refractivity contribution < 1.29 is 26.4 Å². The van der Waals surface area contributed by atoms with E-state index in [0.29, 0.717) is 0 Å². The molecule has 1 heterocycles. The molecule has 0 aromatic carbocycles. The van der Waals surface area contributed by atoms with Crippen LogP contribution in [0.15, 0.2) is 11.6 Å². The molecule has 0 radical (unpaired) electrons. The molecule has 1 saturated carbocycles. The maximum Gasteiger partial charge on any atom is 0.394 e. The summed E-state index contributed by atoms with van der Waals surface area (Å²) in [6, 6.07) is 0. The molecule has 0 spiro atoms. The Morgan fingerprint density at radius 2 is 1.86 bits per heavy atom. The summed E-state index contributed by atoms with van der Waals surface area (Å²) in [6.45, 7) is -1.03. The highest BCUT2D eigenvalue weighted by molar-refractivity contribution is 7.89. The molecule has 126 valence electrons. The van der Waals surface area contributed by atoms with E-state index in [2.05, 4.69) is 0 Å². The van der Waals surface area contributed by atoms with Crippen LogP contribution in [0, 0.1) is 5.92 Å². The third-order valence-corrected chi connectivity index (χ3v) is 6.47. The fourth-order valence-electron chi connectivity index (χ4n) is 2.63. The van der Waals surface area contributed by atoms with E-state index in [0.717, 1.165) is 34.0 Å². The van der Waals surface area contributed by atoms with Gasteiger partial charge in [-0.25, -0.2) is 12.7 Å². The van der Waals surface area contributed by atoms with Gasteiger partial charge in [-0.2, -0.15) is 13.2 Å². The molecular formula is C13H19F3N2O3S. The van der Waals surface area contributed by atoms with Gasteiger partial charge in [-0.15, -0.1) is 0 Å². The van der Waals surface area contributed by atoms with Gasteiger partial charge in [0, 0.05) is 33.3 Å². The van der Waals surface area contributed by atoms with E-state index in [1.165, 1.54) is 20.2 Å². The van der Waals surface area contributed by atoms with Crippen molar-refractivity contribution in [2.24, 2.45) is 5.92 Å². The lowest BCUT2D eigenvalue weighted by atomic mass is 9.92. The summed E-state index contributed by atoms with van der Waals surface area (Å²) in [7, 11) is -1.70. The normalized spacial score (nSPS) is 26.3. The lowest BCUT2D eigenvalue weighted by Gasteiger charge is -2.23. The first-order chi connectivity index (χ1) is 10.0. The standard InChI is InChI=1S/C13H19F3N2O3S/c1-17(2)22(20,21)11-8-18(7-10(11)13(14,15)16)12(19)6-9-4-3-5-9/h6,10-11H,3-5,7-8H2,1-2H3/t10-,11-/m1/s1. The number of hydrogen-bond donors (Lipinski definition) is 0. The summed E-state index contributed by atoms with van der Waals surface area (Å²) >= 11 is 0. The van der Waals surface area contributed by atoms with Crippen LogP contribution in [0.5, 0.6) is 0 Å². The number of hydrogen-bond acceptors (Lipinski definition) is 3. The van der Waals surface area contributed by atoms with Crippen molar-refractivity contribution in [3.8, 4) is 0 Å². The summed E-state index contributed by atoms with van der Waals surface area (Å²) in [5.41, 5.74) is 0.910. The number of halogens is 3. The van der Waals surface area contributed by atoms with Gasteiger partial charge in [-0.05, 0) is 19.3 Å². The molecule has 2 aliphatic rings. The van der Waals surface area contributed by atoms with E-state index in [-0.39, 0.29) is 0 Å². The molecule has 1 amide bonds. The Morgan fingerprint density at radius 1 is 1.27 bits per heavy atom. The largest absolute Gasteiger partial charge is 0.394 e. The van der Waals surface area contributed by atoms with Crippen LogP contribution in [-0.2, 0) is 14.8 Å². The van der Waals surface area contributed by atoms with Gasteiger partial charge in [0.25, 0.3) is 0 Å². The van der Waals surface area contributed by atoms with Crippen LogP contribution in [0.4, 0.5) is 13.2 Å². The van der Waals surface area contributed by atoms with E-state index in [1.54, 1.807) is 0 Å². The Morgan fingerprint density at radius 3 is 2.27 bits per heavy atom. The first kappa shape index (κ1) is 17.3. The minimum atomic E-state index is -4.66. The van der Waals surface area contributed by atoms with Gasteiger partial charge in [-0.1, -0.05) is 5.57 Å². The zero-order valence-corrected chi connectivity index (χ0v) is 13.2. The SMILES string of the molecule is CN(C)S(=O)(=O)[C@@H]1CN(C(=O)C=C2CCC2)C[C@H]1C(F)(F)F. The molecule has 0 unspecified atom stereocenters. The lowest BCUT2D eigenvalue weighted by Crippen LogP contribution is -2.43. The minimum absolute atomic E-state index is 0.423. The van der Waals surface area contributed by atoms with Crippen LogP contribution in [0.2, 0.25) is 0 Å². The second-order valence-electron chi connectivity index (χ2n) is 5.91. The molecule has 0 bridgehead atoms. The number of amides is 1. The van der Waals surface area contributed by atoms with Crippen LogP contribution in [-0.4, -0.2) is 62.1 Å². The highest BCUT2D eigenvalue weighted by Crippen LogP contribution is 2.38. The number of nitrogens with zero attached hydrogens (tertiary/aromatic N) is 2. The second-order valence-corrected chi connectivity index (χ2v) is 8.28. The third kappa shape index (κ3) is 3.29. The third-order valence-electron chi connectivity index (χ3n) is 4.21. The van der Waals surface area contributed by atoms with Crippen LogP contribution in [0.25, 0.3) is 0 Å². The molecule has 1 aliphatic heterocycles. The maximum atomic E-state index is 13.1. The van der Waals surface area contributed by atoms with Crippen molar-refractivity contribution in [1.82, 2.24) is 9.21 Å². The quantitative estimate of drug-likeness (QED) is 0.730. The zero-order chi connectivity index (χ0) is 16.7. The summed E-state index contributed by atoms with van der Waals surface area (Å²) in [5, 5.41) is -1.65. The van der Waals surface area contributed by atoms with Gasteiger partial charge in [-0.3, -0.25) is 4.79 Å². The number of alkyl halides is 3. The van der Waals surface area contributed by atoms with Crippen molar-refractivity contribution in [2.45, 2.75) is 30.7 Å². The molecule has 0 N–H and O–H groups in total. The molecule has 0 aromatic rings. The van der Waals surface area contributed by atoms with Crippen molar-refractivity contribution >= 4 is 15.9 Å². The number of carbonyl (C=O) groups is 1. The number of carbonyl (C=O) groups excluding carboxylic acids is 1. The average Bonchev–Trinajstić information content (AvgIpc) is 2.78. The van der Waals surface area contributed by atoms with Gasteiger partial charge >= 0.3 is 6.18 Å². The first-order valence-corrected chi connectivity index (χ1v) is 8.50. The molecule has 1 saturated heterocycles. The highest BCUT2D eigenvalue weighted by atomic mass is 32.2. The summed E-state index contributed by atoms with van der Waals surface area (Å²) in [6.07, 6.45) is -0.778. The molecule has 22 heavy (non-hydrogen) atoms. The van der Waals surface area contributed by atoms with Crippen molar-refractivity contribution in [3.63, 3.8) is 0 Å². The van der Waals surface area contributed by atoms with Crippen molar-refractivity contribution in [1.29, 1.82) is 0 Å². The Hall–Kier alpha value is -1.09. The highest BCUT2D eigenvalue weighted by Gasteiger charge is 2.55. The van der Waals surface area contributed by atoms with Crippen LogP contribution < -0.4 is 0 Å². The first-order valence-electron chi connectivity index (χ1n) is 7.00. The van der Waals surface area contributed by atoms with Crippen molar-refractivity contribution in [2.75, 3.05) is 27.2 Å². The predicted molar refractivity (Wildman–Crippen MR) is 74.5 cm³/mol. The van der Waals surface area contributed by atoms with Gasteiger partial charge in [0.2, 0.25) is 15.9 Å². The molecule has 2 rings (SSSR count). The molecular weight excluding hydrogens is 321 g/mol. The van der Waals surface area contributed by atoms with Gasteiger partial charge in [0.05, 0.1) is 5.92 Å². The Bertz CT molecular complexity index is 578. The Kier molecular flexibility index (Phi) is 4.59. The van der Waals surface area contributed by atoms with Crippen LogP contribution in [0.1, 0.15) is 19.3 Å². The Labute approximate surface area is 127 Å². The predicted octanol–water partition coefficient (Wildman–Crippen LogP) is 1.38. The molecule has 0 aromatic heterocycles. The topological polar surface area (TPSA) is 57.7 Å². The van der Waals surface area contributed by atoms with E-state index in [9.17, 15) is 26.4 Å². The van der Waals surface area contributed by atoms with E-state index >= 15 is 0 Å². The number of likely N-dealkylation sites (tertiary alicyclic amines) is 1. The van der Waals surface area contributed by atoms with Gasteiger partial charge in [0.15, 0.2) is 0 Å². The summed E-state index contributed by atoms with van der Waals surface area (Å²) in [4.78, 5) is 13.0. The lowest BCUT2D eigenvalue weighted by molar-refractivity contribution is -0.170. The maximum absolute atomic E-state index is 13.1. The van der Waals surface area contributed by atoms with E-state index in [4.69, 9.17) is 0 Å². The van der Waals surface area contributed by atoms with Crippen LogP contribution >= 0.6 is 0 Å². The number of allylic oxidation sites excluding steroid dienone is 1. The smallest absolute Gasteiger partial charge is 0.337 e. The van der Waals surface area contributed by atoms with Gasteiger partial charge < -0.3 is 4.90 Å². The molecule has 5 nitrogen and oxygen atoms in total. The monoisotopic (exact) mass is 340 g/mol. The minimum Gasteiger partial charge on any atom is -0.337 e. The number of rotatable bonds is 3. The summed E-state index contributed by atoms with van der Waals surface area (Å²) in [5.74, 6) is -2.58. The van der Waals surface area contributed by atoms with Crippen molar-refractivity contribution in [3.05, 3.63) is 11.6 Å². The Balaban J connectivity index is 2.23.